The molecule has 0 aromatic rings. The van der Waals surface area contributed by atoms with Gasteiger partial charge in [0, 0.05) is 12.8 Å². The van der Waals surface area contributed by atoms with E-state index in [9.17, 15) is 9.59 Å². The first-order chi connectivity index (χ1) is 23.7. The minimum atomic E-state index is -0.0284. The van der Waals surface area contributed by atoms with Crippen molar-refractivity contribution in [2.45, 2.75) is 219 Å². The summed E-state index contributed by atoms with van der Waals surface area (Å²) in [7, 11) is 0. The van der Waals surface area contributed by atoms with Crippen LogP contribution in [0.1, 0.15) is 219 Å². The summed E-state index contributed by atoms with van der Waals surface area (Å²) in [5, 5.41) is 0. The van der Waals surface area contributed by atoms with E-state index in [2.05, 4.69) is 38.2 Å². The Hall–Kier alpha value is -1.58. The fourth-order valence-electron chi connectivity index (χ4n) is 6.81. The number of rotatable bonds is 34. The Morgan fingerprint density at radius 3 is 1.00 bits per heavy atom. The zero-order chi connectivity index (χ0) is 34.6. The van der Waals surface area contributed by atoms with E-state index in [1.165, 1.54) is 141 Å². The average molecular weight is 673 g/mol. The molecule has 0 amide bonds. The van der Waals surface area contributed by atoms with Crippen LogP contribution in [0.2, 0.25) is 0 Å². The molecule has 0 heterocycles. The van der Waals surface area contributed by atoms with Crippen LogP contribution in [0.3, 0.4) is 0 Å². The predicted octanol–water partition coefficient (Wildman–Crippen LogP) is 14.0. The summed E-state index contributed by atoms with van der Waals surface area (Å²) in [5.74, 6) is 0.871. The Labute approximate surface area is 299 Å². The molecule has 0 unspecified atom stereocenters. The molecule has 1 saturated carbocycles. The van der Waals surface area contributed by atoms with Gasteiger partial charge in [0.15, 0.2) is 0 Å². The van der Waals surface area contributed by atoms with E-state index in [4.69, 9.17) is 9.47 Å². The molecule has 0 N–H and O–H groups in total. The maximum Gasteiger partial charge on any atom is 0.305 e. The Bertz CT molecular complexity index is 700. The van der Waals surface area contributed by atoms with Crippen LogP contribution >= 0.6 is 0 Å². The lowest BCUT2D eigenvalue weighted by Crippen LogP contribution is -2.23. The van der Waals surface area contributed by atoms with Gasteiger partial charge in [-0.2, -0.15) is 0 Å². The molecular formula is C44H80O4. The predicted molar refractivity (Wildman–Crippen MR) is 206 cm³/mol. The highest BCUT2D eigenvalue weighted by atomic mass is 16.5. The Balaban J connectivity index is 1.86. The molecule has 0 saturated heterocycles. The molecule has 1 fully saturated rings. The van der Waals surface area contributed by atoms with Gasteiger partial charge in [0.2, 0.25) is 0 Å². The highest BCUT2D eigenvalue weighted by Gasteiger charge is 2.23. The van der Waals surface area contributed by atoms with E-state index in [0.29, 0.717) is 37.9 Å². The van der Waals surface area contributed by atoms with Crippen LogP contribution in [0.15, 0.2) is 24.3 Å². The Morgan fingerprint density at radius 1 is 0.417 bits per heavy atom. The minimum Gasteiger partial charge on any atom is -0.465 e. The Morgan fingerprint density at radius 2 is 0.688 bits per heavy atom. The highest BCUT2D eigenvalue weighted by molar-refractivity contribution is 5.69. The molecule has 0 atom stereocenters. The smallest absolute Gasteiger partial charge is 0.305 e. The number of unbranched alkanes of at least 4 members (excludes halogenated alkanes) is 22. The van der Waals surface area contributed by atoms with Gasteiger partial charge in [0.1, 0.15) is 0 Å². The van der Waals surface area contributed by atoms with Gasteiger partial charge in [-0.3, -0.25) is 9.59 Å². The van der Waals surface area contributed by atoms with Gasteiger partial charge >= 0.3 is 11.9 Å². The first-order valence-electron chi connectivity index (χ1n) is 21.3. The van der Waals surface area contributed by atoms with Crippen molar-refractivity contribution in [3.63, 3.8) is 0 Å². The first-order valence-corrected chi connectivity index (χ1v) is 21.3. The summed E-state index contributed by atoms with van der Waals surface area (Å²) < 4.78 is 11.2. The van der Waals surface area contributed by atoms with E-state index >= 15 is 0 Å². The molecule has 1 rings (SSSR count). The first kappa shape index (κ1) is 44.4. The molecule has 0 spiro atoms. The van der Waals surface area contributed by atoms with Crippen molar-refractivity contribution in [1.82, 2.24) is 0 Å². The molecule has 4 heteroatoms. The Kier molecular flexibility index (Phi) is 32.6. The topological polar surface area (TPSA) is 52.6 Å². The van der Waals surface area contributed by atoms with E-state index < -0.39 is 0 Å². The average Bonchev–Trinajstić information content (AvgIpc) is 3.10. The maximum absolute atomic E-state index is 12.2. The minimum absolute atomic E-state index is 0.0284. The lowest BCUT2D eigenvalue weighted by atomic mass is 9.83. The lowest BCUT2D eigenvalue weighted by molar-refractivity contribution is -0.147. The van der Waals surface area contributed by atoms with Gasteiger partial charge in [-0.25, -0.2) is 0 Å². The third-order valence-electron chi connectivity index (χ3n) is 10.2. The van der Waals surface area contributed by atoms with Crippen molar-refractivity contribution >= 4 is 11.9 Å². The largest absolute Gasteiger partial charge is 0.465 e. The van der Waals surface area contributed by atoms with Crippen LogP contribution < -0.4 is 0 Å². The lowest BCUT2D eigenvalue weighted by Gasteiger charge is -2.27. The normalized spacial score (nSPS) is 16.6. The second kappa shape index (κ2) is 35.3. The zero-order valence-corrected chi connectivity index (χ0v) is 32.1. The third-order valence-corrected chi connectivity index (χ3v) is 10.2. The summed E-state index contributed by atoms with van der Waals surface area (Å²) >= 11 is 0. The molecule has 1 aliphatic carbocycles. The number of hydrogen-bond acceptors (Lipinski definition) is 4. The van der Waals surface area contributed by atoms with Crippen molar-refractivity contribution in [3.8, 4) is 0 Å². The van der Waals surface area contributed by atoms with Crippen LogP contribution in [0.25, 0.3) is 0 Å². The van der Waals surface area contributed by atoms with Gasteiger partial charge in [0.05, 0.1) is 13.2 Å². The summed E-state index contributed by atoms with van der Waals surface area (Å²) in [6, 6.07) is 0. The number of carbonyl (C=O) groups is 2. The number of hydrogen-bond donors (Lipinski definition) is 0. The van der Waals surface area contributed by atoms with Crippen molar-refractivity contribution in [2.75, 3.05) is 13.2 Å². The monoisotopic (exact) mass is 673 g/mol. The van der Waals surface area contributed by atoms with Crippen LogP contribution in [-0.2, 0) is 19.1 Å². The molecule has 1 aliphatic rings. The molecule has 0 aromatic carbocycles. The van der Waals surface area contributed by atoms with E-state index in [1.807, 2.05) is 0 Å². The van der Waals surface area contributed by atoms with Crippen molar-refractivity contribution in [1.29, 1.82) is 0 Å². The molecule has 0 bridgehead atoms. The molecule has 0 aliphatic heterocycles. The summed E-state index contributed by atoms with van der Waals surface area (Å²) in [5.41, 5.74) is 0. The van der Waals surface area contributed by atoms with Gasteiger partial charge < -0.3 is 9.47 Å². The SMILES string of the molecule is CCCCCCCC/C=C\CCCCCCCC(=O)OCC1CCC(COC(=O)CCCCCCC/C=C\CCCCCCCC)CC1. The fourth-order valence-corrected chi connectivity index (χ4v) is 6.81. The van der Waals surface area contributed by atoms with Gasteiger partial charge in [-0.05, 0) is 102 Å². The van der Waals surface area contributed by atoms with Crippen molar-refractivity contribution in [2.24, 2.45) is 11.8 Å². The number of carbonyl (C=O) groups excluding carboxylic acids is 2. The summed E-state index contributed by atoms with van der Waals surface area (Å²) in [6.07, 6.45) is 47.8. The van der Waals surface area contributed by atoms with Crippen molar-refractivity contribution < 1.29 is 19.1 Å². The maximum atomic E-state index is 12.2. The molecular weight excluding hydrogens is 592 g/mol. The van der Waals surface area contributed by atoms with Crippen LogP contribution in [0, 0.1) is 11.8 Å². The number of ether oxygens (including phenoxy) is 2. The summed E-state index contributed by atoms with van der Waals surface area (Å²) in [4.78, 5) is 24.4. The molecule has 280 valence electrons. The molecule has 0 aromatic heterocycles. The molecule has 48 heavy (non-hydrogen) atoms. The van der Waals surface area contributed by atoms with E-state index in [-0.39, 0.29) is 11.9 Å². The second-order valence-electron chi connectivity index (χ2n) is 14.9. The van der Waals surface area contributed by atoms with Gasteiger partial charge in [0.25, 0.3) is 0 Å². The van der Waals surface area contributed by atoms with Gasteiger partial charge in [-0.1, -0.05) is 141 Å². The zero-order valence-electron chi connectivity index (χ0n) is 32.1. The number of allylic oxidation sites excluding steroid dienone is 4. The third kappa shape index (κ3) is 30.5. The summed E-state index contributed by atoms with van der Waals surface area (Å²) in [6.45, 7) is 5.67. The quantitative estimate of drug-likeness (QED) is 0.0388. The van der Waals surface area contributed by atoms with Crippen LogP contribution in [0.4, 0.5) is 0 Å². The second-order valence-corrected chi connectivity index (χ2v) is 14.9. The standard InChI is InChI=1S/C44H80O4/c1-3-5-7-9-11-13-15-17-19-21-23-25-27-29-31-33-43(45)47-39-41-35-37-42(38-36-41)40-48-44(46)34-32-30-28-26-24-22-20-18-16-14-12-10-8-6-4-2/h17-20,41-42H,3-16,21-40H2,1-2H3/b19-17-,20-18-. The van der Waals surface area contributed by atoms with Crippen molar-refractivity contribution in [3.05, 3.63) is 24.3 Å². The number of esters is 2. The molecule has 4 nitrogen and oxygen atoms in total. The van der Waals surface area contributed by atoms with E-state index in [0.717, 1.165) is 51.4 Å². The highest BCUT2D eigenvalue weighted by Crippen LogP contribution is 2.29. The van der Waals surface area contributed by atoms with Gasteiger partial charge in [-0.15, -0.1) is 0 Å². The van der Waals surface area contributed by atoms with E-state index in [1.54, 1.807) is 0 Å². The molecule has 0 radical (unpaired) electrons. The van der Waals surface area contributed by atoms with Crippen LogP contribution in [-0.4, -0.2) is 25.2 Å². The fraction of sp³-hybridized carbons (Fsp3) is 0.864. The van der Waals surface area contributed by atoms with Crippen LogP contribution in [0.5, 0.6) is 0 Å².